The molecule has 0 saturated heterocycles. The summed E-state index contributed by atoms with van der Waals surface area (Å²) in [7, 11) is 0. The molecule has 0 radical (unpaired) electrons. The fraction of sp³-hybridized carbons (Fsp3) is 1.00. The zero-order chi connectivity index (χ0) is 8.69. The van der Waals surface area contributed by atoms with Gasteiger partial charge in [-0.25, -0.2) is 0 Å². The summed E-state index contributed by atoms with van der Waals surface area (Å²) in [5.41, 5.74) is 0. The Morgan fingerprint density at radius 2 is 1.73 bits per heavy atom. The third kappa shape index (κ3) is 5.22. The minimum absolute atomic E-state index is 0.0579. The molecule has 0 aromatic carbocycles. The Bertz CT molecular complexity index is 75.6. The Hall–Kier alpha value is -0.0800. The van der Waals surface area contributed by atoms with Crippen molar-refractivity contribution in [2.24, 2.45) is 5.92 Å². The molecule has 0 spiro atoms. The van der Waals surface area contributed by atoms with Crippen LogP contribution >= 0.6 is 0 Å². The lowest BCUT2D eigenvalue weighted by Gasteiger charge is -2.10. The molecule has 1 rings (SSSR count). The third-order valence-corrected chi connectivity index (χ3v) is 2.08. The van der Waals surface area contributed by atoms with E-state index in [1.807, 2.05) is 6.92 Å². The summed E-state index contributed by atoms with van der Waals surface area (Å²) in [6.45, 7) is 3.83. The van der Waals surface area contributed by atoms with Crippen molar-refractivity contribution in [3.8, 4) is 0 Å². The topological polar surface area (TPSA) is 40.5 Å². The number of aliphatic hydroxyl groups is 2. The molecule has 68 valence electrons. The molecule has 1 aliphatic rings. The summed E-state index contributed by atoms with van der Waals surface area (Å²) in [5.74, 6) is 0.620. The van der Waals surface area contributed by atoms with E-state index in [0.717, 1.165) is 0 Å². The monoisotopic (exact) mass is 160 g/mol. The summed E-state index contributed by atoms with van der Waals surface area (Å²) in [6.07, 6.45) is 5.10. The van der Waals surface area contributed by atoms with Gasteiger partial charge in [-0.2, -0.15) is 0 Å². The highest BCUT2D eigenvalue weighted by molar-refractivity contribution is 4.70. The first-order chi connectivity index (χ1) is 5.22. The molecule has 0 aromatic rings. The normalized spacial score (nSPS) is 20.7. The van der Waals surface area contributed by atoms with Crippen LogP contribution in [0.5, 0.6) is 0 Å². The van der Waals surface area contributed by atoms with Crippen molar-refractivity contribution in [3.05, 3.63) is 0 Å². The lowest BCUT2D eigenvalue weighted by molar-refractivity contribution is 0.129. The number of aliphatic hydroxyl groups excluding tert-OH is 2. The maximum Gasteiger partial charge on any atom is 0.0540 e. The van der Waals surface area contributed by atoms with Crippen LogP contribution in [0.1, 0.15) is 39.5 Å². The second-order valence-electron chi connectivity index (χ2n) is 3.10. The van der Waals surface area contributed by atoms with Crippen molar-refractivity contribution in [2.75, 3.05) is 6.61 Å². The average molecular weight is 160 g/mol. The van der Waals surface area contributed by atoms with Gasteiger partial charge in [0.2, 0.25) is 0 Å². The van der Waals surface area contributed by atoms with Crippen LogP contribution in [-0.4, -0.2) is 22.9 Å². The van der Waals surface area contributed by atoms with Crippen molar-refractivity contribution >= 4 is 0 Å². The van der Waals surface area contributed by atoms with Crippen LogP contribution in [0.15, 0.2) is 0 Å². The second kappa shape index (κ2) is 6.62. The van der Waals surface area contributed by atoms with E-state index >= 15 is 0 Å². The molecule has 11 heavy (non-hydrogen) atoms. The van der Waals surface area contributed by atoms with Crippen molar-refractivity contribution in [2.45, 2.75) is 45.6 Å². The van der Waals surface area contributed by atoms with Gasteiger partial charge in [-0.3, -0.25) is 0 Å². The maximum absolute atomic E-state index is 9.05. The van der Waals surface area contributed by atoms with Gasteiger partial charge in [-0.1, -0.05) is 12.8 Å². The predicted molar refractivity (Wildman–Crippen MR) is 46.4 cm³/mol. The van der Waals surface area contributed by atoms with Crippen LogP contribution in [0.4, 0.5) is 0 Å². The zero-order valence-electron chi connectivity index (χ0n) is 7.58. The minimum atomic E-state index is -0.0579. The van der Waals surface area contributed by atoms with Gasteiger partial charge in [0.15, 0.2) is 0 Å². The Balaban J connectivity index is 0.000000292. The third-order valence-electron chi connectivity index (χ3n) is 2.08. The van der Waals surface area contributed by atoms with Gasteiger partial charge in [0.25, 0.3) is 0 Å². The Morgan fingerprint density at radius 3 is 1.91 bits per heavy atom. The molecule has 2 nitrogen and oxygen atoms in total. The van der Waals surface area contributed by atoms with Crippen LogP contribution < -0.4 is 0 Å². The van der Waals surface area contributed by atoms with Crippen LogP contribution in [0.2, 0.25) is 0 Å². The Morgan fingerprint density at radius 1 is 1.36 bits per heavy atom. The van der Waals surface area contributed by atoms with Gasteiger partial charge in [0, 0.05) is 6.61 Å². The van der Waals surface area contributed by atoms with E-state index < -0.39 is 0 Å². The number of hydrogen-bond donors (Lipinski definition) is 2. The average Bonchev–Trinajstić information content (AvgIpc) is 2.38. The van der Waals surface area contributed by atoms with Crippen LogP contribution in [-0.2, 0) is 0 Å². The molecule has 0 amide bonds. The smallest absolute Gasteiger partial charge is 0.0540 e. The fourth-order valence-corrected chi connectivity index (χ4v) is 1.44. The van der Waals surface area contributed by atoms with E-state index in [4.69, 9.17) is 10.2 Å². The van der Waals surface area contributed by atoms with E-state index in [-0.39, 0.29) is 12.7 Å². The zero-order valence-corrected chi connectivity index (χ0v) is 7.58. The summed E-state index contributed by atoms with van der Waals surface area (Å²) >= 11 is 0. The molecular formula is C9H20O2. The standard InChI is InChI=1S/C7H14O.C2H6O/c1-6(8)7-4-2-3-5-7;1-2-3/h6-8H,2-5H2,1H3;3H,2H2,1H3. The van der Waals surface area contributed by atoms with Gasteiger partial charge in [0.05, 0.1) is 6.10 Å². The van der Waals surface area contributed by atoms with E-state index in [9.17, 15) is 0 Å². The Labute approximate surface area is 69.2 Å². The molecule has 0 heterocycles. The summed E-state index contributed by atoms with van der Waals surface area (Å²) in [4.78, 5) is 0. The minimum Gasteiger partial charge on any atom is -0.397 e. The molecule has 0 bridgehead atoms. The highest BCUT2D eigenvalue weighted by Gasteiger charge is 2.18. The summed E-state index contributed by atoms with van der Waals surface area (Å²) in [6, 6.07) is 0. The lowest BCUT2D eigenvalue weighted by atomic mass is 10.0. The van der Waals surface area contributed by atoms with E-state index in [0.29, 0.717) is 5.92 Å². The highest BCUT2D eigenvalue weighted by Crippen LogP contribution is 2.27. The molecule has 1 aliphatic carbocycles. The largest absolute Gasteiger partial charge is 0.397 e. The SMILES string of the molecule is CC(O)C1CCCC1.CCO. The molecule has 2 N–H and O–H groups in total. The van der Waals surface area contributed by atoms with E-state index in [1.54, 1.807) is 6.92 Å². The van der Waals surface area contributed by atoms with Crippen molar-refractivity contribution in [1.29, 1.82) is 0 Å². The lowest BCUT2D eigenvalue weighted by Crippen LogP contribution is -2.11. The predicted octanol–water partition coefficient (Wildman–Crippen LogP) is 1.56. The van der Waals surface area contributed by atoms with Gasteiger partial charge in [-0.15, -0.1) is 0 Å². The van der Waals surface area contributed by atoms with E-state index in [1.165, 1.54) is 25.7 Å². The Kier molecular flexibility index (Phi) is 6.57. The fourth-order valence-electron chi connectivity index (χ4n) is 1.44. The molecule has 1 unspecified atom stereocenters. The summed E-state index contributed by atoms with van der Waals surface area (Å²) < 4.78 is 0. The van der Waals surface area contributed by atoms with Crippen LogP contribution in [0, 0.1) is 5.92 Å². The molecule has 2 heteroatoms. The molecule has 1 fully saturated rings. The van der Waals surface area contributed by atoms with Crippen molar-refractivity contribution in [3.63, 3.8) is 0 Å². The van der Waals surface area contributed by atoms with Crippen molar-refractivity contribution < 1.29 is 10.2 Å². The molecule has 0 aromatic heterocycles. The van der Waals surface area contributed by atoms with Gasteiger partial charge in [-0.05, 0) is 32.6 Å². The van der Waals surface area contributed by atoms with Gasteiger partial charge in [0.1, 0.15) is 0 Å². The quantitative estimate of drug-likeness (QED) is 0.611. The molecular weight excluding hydrogens is 140 g/mol. The summed E-state index contributed by atoms with van der Waals surface area (Å²) in [5, 5.41) is 16.6. The first kappa shape index (κ1) is 10.9. The van der Waals surface area contributed by atoms with Gasteiger partial charge >= 0.3 is 0 Å². The maximum atomic E-state index is 9.05. The van der Waals surface area contributed by atoms with E-state index in [2.05, 4.69) is 0 Å². The van der Waals surface area contributed by atoms with Crippen LogP contribution in [0.3, 0.4) is 0 Å². The second-order valence-corrected chi connectivity index (χ2v) is 3.10. The first-order valence-corrected chi connectivity index (χ1v) is 4.51. The molecule has 1 saturated carbocycles. The highest BCUT2D eigenvalue weighted by atomic mass is 16.3. The van der Waals surface area contributed by atoms with Gasteiger partial charge < -0.3 is 10.2 Å². The molecule has 0 aliphatic heterocycles. The number of rotatable bonds is 1. The van der Waals surface area contributed by atoms with Crippen LogP contribution in [0.25, 0.3) is 0 Å². The van der Waals surface area contributed by atoms with Crippen molar-refractivity contribution in [1.82, 2.24) is 0 Å². The number of hydrogen-bond acceptors (Lipinski definition) is 2. The first-order valence-electron chi connectivity index (χ1n) is 4.51. The molecule has 1 atom stereocenters.